The lowest BCUT2D eigenvalue weighted by molar-refractivity contribution is 0.104. The van der Waals surface area contributed by atoms with Gasteiger partial charge < -0.3 is 9.15 Å². The molecule has 0 radical (unpaired) electrons. The van der Waals surface area contributed by atoms with Gasteiger partial charge in [0.05, 0.1) is 22.1 Å². The highest BCUT2D eigenvalue weighted by atomic mass is 32.1. The average molecular weight is 298 g/mol. The summed E-state index contributed by atoms with van der Waals surface area (Å²) in [5, 5.41) is 2.73. The number of furan rings is 1. The zero-order valence-corrected chi connectivity index (χ0v) is 12.4. The van der Waals surface area contributed by atoms with Gasteiger partial charge in [-0.25, -0.2) is 0 Å². The molecule has 0 aliphatic carbocycles. The molecule has 0 unspecified atom stereocenters. The third-order valence-corrected chi connectivity index (χ3v) is 4.08. The molecule has 0 amide bonds. The molecule has 0 fully saturated rings. The highest BCUT2D eigenvalue weighted by Crippen LogP contribution is 2.34. The fourth-order valence-corrected chi connectivity index (χ4v) is 2.93. The predicted molar refractivity (Wildman–Crippen MR) is 84.4 cm³/mol. The van der Waals surface area contributed by atoms with E-state index < -0.39 is 0 Å². The topological polar surface area (TPSA) is 39.4 Å². The Morgan fingerprint density at radius 2 is 2.29 bits per heavy atom. The van der Waals surface area contributed by atoms with Crippen LogP contribution in [0.5, 0.6) is 5.75 Å². The Bertz CT molecular complexity index is 797. The quantitative estimate of drug-likeness (QED) is 0.510. The molecule has 3 nitrogen and oxygen atoms in total. The maximum atomic E-state index is 12.5. The smallest absolute Gasteiger partial charge is 0.206 e. The molecule has 0 atom stereocenters. The van der Waals surface area contributed by atoms with E-state index >= 15 is 0 Å². The monoisotopic (exact) mass is 298 g/mol. The maximum Gasteiger partial charge on any atom is 0.206 e. The molecule has 1 aromatic carbocycles. The van der Waals surface area contributed by atoms with Crippen molar-refractivity contribution in [3.05, 3.63) is 64.6 Å². The van der Waals surface area contributed by atoms with Gasteiger partial charge in [-0.05, 0) is 36.1 Å². The minimum atomic E-state index is -0.0281. The number of carbonyl (C=O) groups excluding carboxylic acids is 1. The first-order chi connectivity index (χ1) is 10.2. The molecule has 106 valence electrons. The molecule has 0 spiro atoms. The van der Waals surface area contributed by atoms with E-state index in [2.05, 4.69) is 6.58 Å². The van der Waals surface area contributed by atoms with Gasteiger partial charge >= 0.3 is 0 Å². The van der Waals surface area contributed by atoms with E-state index in [1.807, 2.05) is 30.5 Å². The first-order valence-corrected chi connectivity index (χ1v) is 7.43. The second-order valence-electron chi connectivity index (χ2n) is 4.64. The zero-order valence-electron chi connectivity index (χ0n) is 11.6. The van der Waals surface area contributed by atoms with Crippen LogP contribution >= 0.6 is 11.3 Å². The van der Waals surface area contributed by atoms with E-state index in [0.29, 0.717) is 28.4 Å². The summed E-state index contributed by atoms with van der Waals surface area (Å²) in [4.78, 5) is 13.2. The second kappa shape index (κ2) is 5.58. The van der Waals surface area contributed by atoms with E-state index in [1.165, 1.54) is 11.3 Å². The van der Waals surface area contributed by atoms with Crippen LogP contribution in [0, 0.1) is 6.92 Å². The lowest BCUT2D eigenvalue weighted by atomic mass is 10.0. The summed E-state index contributed by atoms with van der Waals surface area (Å²) in [6.07, 6.45) is 3.34. The first kappa shape index (κ1) is 13.6. The van der Waals surface area contributed by atoms with Crippen LogP contribution in [0.25, 0.3) is 11.0 Å². The van der Waals surface area contributed by atoms with Gasteiger partial charge in [0.15, 0.2) is 0 Å². The Hall–Kier alpha value is -2.33. The van der Waals surface area contributed by atoms with Crippen LogP contribution in [0.4, 0.5) is 0 Å². The number of ketones is 1. The van der Waals surface area contributed by atoms with Crippen LogP contribution < -0.4 is 4.74 Å². The highest BCUT2D eigenvalue weighted by Gasteiger charge is 2.19. The van der Waals surface area contributed by atoms with Gasteiger partial charge in [-0.15, -0.1) is 11.3 Å². The lowest BCUT2D eigenvalue weighted by Crippen LogP contribution is -2.01. The fourth-order valence-electron chi connectivity index (χ4n) is 2.25. The molecular weight excluding hydrogens is 284 g/mol. The van der Waals surface area contributed by atoms with Crippen molar-refractivity contribution in [1.82, 2.24) is 0 Å². The van der Waals surface area contributed by atoms with Gasteiger partial charge in [-0.3, -0.25) is 4.79 Å². The number of hydrogen-bond donors (Lipinski definition) is 0. The van der Waals surface area contributed by atoms with E-state index in [4.69, 9.17) is 9.15 Å². The fraction of sp³-hybridized carbons (Fsp3) is 0.118. The van der Waals surface area contributed by atoms with E-state index in [9.17, 15) is 4.79 Å². The maximum absolute atomic E-state index is 12.5. The Balaban J connectivity index is 2.13. The summed E-state index contributed by atoms with van der Waals surface area (Å²) < 4.78 is 11.2. The van der Waals surface area contributed by atoms with Gasteiger partial charge in [0.2, 0.25) is 5.78 Å². The van der Waals surface area contributed by atoms with E-state index in [1.54, 1.807) is 18.4 Å². The van der Waals surface area contributed by atoms with E-state index in [0.717, 1.165) is 10.9 Å². The van der Waals surface area contributed by atoms with Crippen LogP contribution in [-0.4, -0.2) is 12.4 Å². The molecule has 2 aromatic heterocycles. The van der Waals surface area contributed by atoms with Crippen molar-refractivity contribution in [2.45, 2.75) is 6.92 Å². The standard InChI is InChI=1S/C17H14O3S/c1-3-8-19-13-7-6-12(16(18)14-5-4-9-21-14)17-15(13)11(2)10-20-17/h3-7,9-10H,1,8H2,2H3. The Morgan fingerprint density at radius 1 is 1.43 bits per heavy atom. The van der Waals surface area contributed by atoms with Gasteiger partial charge in [0.25, 0.3) is 0 Å². The van der Waals surface area contributed by atoms with Crippen LogP contribution in [0.15, 0.2) is 53.0 Å². The number of carbonyl (C=O) groups is 1. The van der Waals surface area contributed by atoms with Gasteiger partial charge in [0.1, 0.15) is 17.9 Å². The normalized spacial score (nSPS) is 10.7. The van der Waals surface area contributed by atoms with Crippen molar-refractivity contribution in [2.24, 2.45) is 0 Å². The molecule has 0 saturated heterocycles. The number of hydrogen-bond acceptors (Lipinski definition) is 4. The van der Waals surface area contributed by atoms with Crippen LogP contribution in [-0.2, 0) is 0 Å². The third kappa shape index (κ3) is 2.38. The Morgan fingerprint density at radius 3 is 3.00 bits per heavy atom. The van der Waals surface area contributed by atoms with Crippen molar-refractivity contribution in [3.63, 3.8) is 0 Å². The minimum Gasteiger partial charge on any atom is -0.489 e. The van der Waals surface area contributed by atoms with E-state index in [-0.39, 0.29) is 5.78 Å². The van der Waals surface area contributed by atoms with Crippen LogP contribution in [0.3, 0.4) is 0 Å². The molecular formula is C17H14O3S. The summed E-state index contributed by atoms with van der Waals surface area (Å²) in [5.41, 5.74) is 2.09. The van der Waals surface area contributed by atoms with Crippen LogP contribution in [0.2, 0.25) is 0 Å². The minimum absolute atomic E-state index is 0.0281. The number of benzene rings is 1. The summed E-state index contributed by atoms with van der Waals surface area (Å²) in [6, 6.07) is 7.25. The van der Waals surface area contributed by atoms with Gasteiger partial charge in [0, 0.05) is 0 Å². The molecule has 21 heavy (non-hydrogen) atoms. The number of thiophene rings is 1. The number of aryl methyl sites for hydroxylation is 1. The van der Waals surface area contributed by atoms with Crippen molar-refractivity contribution in [3.8, 4) is 5.75 Å². The zero-order chi connectivity index (χ0) is 14.8. The molecule has 0 saturated carbocycles. The van der Waals surface area contributed by atoms with Crippen molar-refractivity contribution in [1.29, 1.82) is 0 Å². The molecule has 3 aromatic rings. The average Bonchev–Trinajstić information content (AvgIpc) is 3.14. The molecule has 0 N–H and O–H groups in total. The SMILES string of the molecule is C=CCOc1ccc(C(=O)c2cccs2)c2occ(C)c12. The summed E-state index contributed by atoms with van der Waals surface area (Å²) in [5.74, 6) is 0.679. The largest absolute Gasteiger partial charge is 0.489 e. The molecule has 0 bridgehead atoms. The molecule has 4 heteroatoms. The number of ether oxygens (including phenoxy) is 1. The molecule has 0 aliphatic rings. The first-order valence-electron chi connectivity index (χ1n) is 6.55. The molecule has 2 heterocycles. The Kier molecular flexibility index (Phi) is 3.62. The van der Waals surface area contributed by atoms with Crippen molar-refractivity contribution in [2.75, 3.05) is 6.61 Å². The van der Waals surface area contributed by atoms with Gasteiger partial charge in [-0.1, -0.05) is 18.7 Å². The van der Waals surface area contributed by atoms with Crippen LogP contribution in [0.1, 0.15) is 20.8 Å². The van der Waals surface area contributed by atoms with Crippen molar-refractivity contribution < 1.29 is 13.9 Å². The Labute approximate surface area is 126 Å². The lowest BCUT2D eigenvalue weighted by Gasteiger charge is -2.07. The molecule has 0 aliphatic heterocycles. The molecule has 3 rings (SSSR count). The summed E-state index contributed by atoms with van der Waals surface area (Å²) in [6.45, 7) is 6.00. The summed E-state index contributed by atoms with van der Waals surface area (Å²) >= 11 is 1.42. The van der Waals surface area contributed by atoms with Gasteiger partial charge in [-0.2, -0.15) is 0 Å². The predicted octanol–water partition coefficient (Wildman–Crippen LogP) is 4.60. The second-order valence-corrected chi connectivity index (χ2v) is 5.59. The van der Waals surface area contributed by atoms with Crippen molar-refractivity contribution >= 4 is 28.1 Å². The summed E-state index contributed by atoms with van der Waals surface area (Å²) in [7, 11) is 0. The third-order valence-electron chi connectivity index (χ3n) is 3.21. The highest BCUT2D eigenvalue weighted by molar-refractivity contribution is 7.12. The number of fused-ring (bicyclic) bond motifs is 1. The number of rotatable bonds is 5.